The molecule has 3 heterocycles. The van der Waals surface area contributed by atoms with Crippen LogP contribution in [-0.4, -0.2) is 60.1 Å². The molecule has 4 atom stereocenters. The first-order chi connectivity index (χ1) is 8.79. The Hall–Kier alpha value is -0.120. The van der Waals surface area contributed by atoms with E-state index in [9.17, 15) is 0 Å². The summed E-state index contributed by atoms with van der Waals surface area (Å²) in [5.41, 5.74) is 0. The van der Waals surface area contributed by atoms with Gasteiger partial charge in [0.1, 0.15) is 0 Å². The van der Waals surface area contributed by atoms with Gasteiger partial charge < -0.3 is 5.32 Å². The lowest BCUT2D eigenvalue weighted by atomic mass is 9.94. The Morgan fingerprint density at radius 2 is 2.00 bits per heavy atom. The van der Waals surface area contributed by atoms with Crippen LogP contribution < -0.4 is 5.32 Å². The van der Waals surface area contributed by atoms with Crippen molar-refractivity contribution in [2.75, 3.05) is 26.2 Å². The molecule has 1 N–H and O–H groups in total. The fourth-order valence-corrected chi connectivity index (χ4v) is 4.38. The van der Waals surface area contributed by atoms with Gasteiger partial charge in [0.15, 0.2) is 0 Å². The van der Waals surface area contributed by atoms with E-state index in [0.29, 0.717) is 6.04 Å². The number of piperazine rings is 1. The molecule has 104 valence electrons. The summed E-state index contributed by atoms with van der Waals surface area (Å²) in [5.74, 6) is 0. The molecule has 3 aliphatic heterocycles. The SMILES string of the molecule is CCC1CNC(C)CN1C1CCN2CCCCC12. The van der Waals surface area contributed by atoms with Crippen molar-refractivity contribution < 1.29 is 0 Å². The van der Waals surface area contributed by atoms with Gasteiger partial charge >= 0.3 is 0 Å². The molecule has 0 radical (unpaired) electrons. The molecular formula is C15H29N3. The summed E-state index contributed by atoms with van der Waals surface area (Å²) >= 11 is 0. The number of hydrogen-bond donors (Lipinski definition) is 1. The predicted molar refractivity (Wildman–Crippen MR) is 75.9 cm³/mol. The number of hydrogen-bond acceptors (Lipinski definition) is 3. The third-order valence-corrected chi connectivity index (χ3v) is 5.37. The van der Waals surface area contributed by atoms with Crippen molar-refractivity contribution in [3.63, 3.8) is 0 Å². The van der Waals surface area contributed by atoms with Crippen LogP contribution in [0.15, 0.2) is 0 Å². The van der Waals surface area contributed by atoms with E-state index in [1.54, 1.807) is 0 Å². The monoisotopic (exact) mass is 251 g/mol. The van der Waals surface area contributed by atoms with Gasteiger partial charge in [0.25, 0.3) is 0 Å². The molecule has 0 amide bonds. The van der Waals surface area contributed by atoms with Gasteiger partial charge in [-0.1, -0.05) is 13.3 Å². The summed E-state index contributed by atoms with van der Waals surface area (Å²) < 4.78 is 0. The van der Waals surface area contributed by atoms with Gasteiger partial charge in [0.05, 0.1) is 0 Å². The Labute approximate surface area is 112 Å². The molecule has 0 aromatic heterocycles. The first-order valence-corrected chi connectivity index (χ1v) is 8.02. The Morgan fingerprint density at radius 3 is 2.83 bits per heavy atom. The van der Waals surface area contributed by atoms with Crippen molar-refractivity contribution in [3.05, 3.63) is 0 Å². The fraction of sp³-hybridized carbons (Fsp3) is 1.00. The number of piperidine rings is 1. The first-order valence-electron chi connectivity index (χ1n) is 8.02. The zero-order valence-electron chi connectivity index (χ0n) is 12.1. The molecule has 4 unspecified atom stereocenters. The minimum absolute atomic E-state index is 0.672. The maximum absolute atomic E-state index is 3.65. The van der Waals surface area contributed by atoms with Crippen LogP contribution in [0.1, 0.15) is 46.0 Å². The van der Waals surface area contributed by atoms with E-state index in [2.05, 4.69) is 29.0 Å². The molecule has 0 saturated carbocycles. The van der Waals surface area contributed by atoms with E-state index in [4.69, 9.17) is 0 Å². The summed E-state index contributed by atoms with van der Waals surface area (Å²) in [7, 11) is 0. The summed E-state index contributed by atoms with van der Waals surface area (Å²) in [4.78, 5) is 5.63. The molecule has 3 saturated heterocycles. The highest BCUT2D eigenvalue weighted by molar-refractivity contribution is 4.99. The number of rotatable bonds is 2. The fourth-order valence-electron chi connectivity index (χ4n) is 4.38. The molecule has 3 heteroatoms. The molecule has 0 bridgehead atoms. The van der Waals surface area contributed by atoms with Crippen molar-refractivity contribution in [3.8, 4) is 0 Å². The number of nitrogens with one attached hydrogen (secondary N) is 1. The highest BCUT2D eigenvalue weighted by atomic mass is 15.3. The first kappa shape index (κ1) is 12.9. The molecule has 3 aliphatic rings. The minimum Gasteiger partial charge on any atom is -0.311 e. The van der Waals surface area contributed by atoms with E-state index >= 15 is 0 Å². The van der Waals surface area contributed by atoms with Crippen molar-refractivity contribution in [2.24, 2.45) is 0 Å². The van der Waals surface area contributed by atoms with Crippen LogP contribution in [0.5, 0.6) is 0 Å². The summed E-state index contributed by atoms with van der Waals surface area (Å²) in [6, 6.07) is 3.16. The van der Waals surface area contributed by atoms with Crippen LogP contribution in [0.3, 0.4) is 0 Å². The third-order valence-electron chi connectivity index (χ3n) is 5.37. The second-order valence-corrected chi connectivity index (χ2v) is 6.52. The largest absolute Gasteiger partial charge is 0.311 e. The molecule has 0 aliphatic carbocycles. The van der Waals surface area contributed by atoms with Gasteiger partial charge in [-0.3, -0.25) is 9.80 Å². The molecule has 0 aromatic carbocycles. The normalized spacial score (nSPS) is 43.0. The van der Waals surface area contributed by atoms with Crippen molar-refractivity contribution >= 4 is 0 Å². The summed E-state index contributed by atoms with van der Waals surface area (Å²) in [6.45, 7) is 9.85. The average Bonchev–Trinajstić information content (AvgIpc) is 2.82. The van der Waals surface area contributed by atoms with Crippen molar-refractivity contribution in [1.82, 2.24) is 15.1 Å². The van der Waals surface area contributed by atoms with Crippen molar-refractivity contribution in [1.29, 1.82) is 0 Å². The molecule has 3 fully saturated rings. The standard InChI is InChI=1S/C15H29N3/c1-3-13-10-16-12(2)11-18(13)15-7-9-17-8-5-4-6-14(15)17/h12-16H,3-11H2,1-2H3. The van der Waals surface area contributed by atoms with E-state index in [0.717, 1.165) is 18.1 Å². The molecule has 3 nitrogen and oxygen atoms in total. The average molecular weight is 251 g/mol. The molecule has 0 spiro atoms. The van der Waals surface area contributed by atoms with E-state index in [1.807, 2.05) is 0 Å². The van der Waals surface area contributed by atoms with Gasteiger partial charge in [-0.15, -0.1) is 0 Å². The van der Waals surface area contributed by atoms with Crippen LogP contribution in [0.2, 0.25) is 0 Å². The van der Waals surface area contributed by atoms with Gasteiger partial charge in [-0.05, 0) is 39.2 Å². The minimum atomic E-state index is 0.672. The third kappa shape index (κ3) is 2.33. The van der Waals surface area contributed by atoms with Crippen molar-refractivity contribution in [2.45, 2.75) is 70.1 Å². The van der Waals surface area contributed by atoms with E-state index in [-0.39, 0.29) is 0 Å². The number of fused-ring (bicyclic) bond motifs is 1. The Balaban J connectivity index is 1.71. The van der Waals surface area contributed by atoms with Crippen LogP contribution >= 0.6 is 0 Å². The van der Waals surface area contributed by atoms with Gasteiger partial charge in [0, 0.05) is 43.8 Å². The van der Waals surface area contributed by atoms with Crippen LogP contribution in [0, 0.1) is 0 Å². The zero-order valence-corrected chi connectivity index (χ0v) is 12.1. The van der Waals surface area contributed by atoms with Gasteiger partial charge in [0.2, 0.25) is 0 Å². The lowest BCUT2D eigenvalue weighted by Crippen LogP contribution is -2.61. The maximum atomic E-state index is 3.65. The van der Waals surface area contributed by atoms with Crippen LogP contribution in [-0.2, 0) is 0 Å². The predicted octanol–water partition coefficient (Wildman–Crippen LogP) is 1.69. The quantitative estimate of drug-likeness (QED) is 0.806. The second-order valence-electron chi connectivity index (χ2n) is 6.52. The lowest BCUT2D eigenvalue weighted by Gasteiger charge is -2.46. The lowest BCUT2D eigenvalue weighted by molar-refractivity contribution is 0.0500. The Morgan fingerprint density at radius 1 is 1.11 bits per heavy atom. The highest BCUT2D eigenvalue weighted by Crippen LogP contribution is 2.32. The molecular weight excluding hydrogens is 222 g/mol. The van der Waals surface area contributed by atoms with E-state index < -0.39 is 0 Å². The van der Waals surface area contributed by atoms with Crippen LogP contribution in [0.4, 0.5) is 0 Å². The van der Waals surface area contributed by atoms with Crippen LogP contribution in [0.25, 0.3) is 0 Å². The second kappa shape index (κ2) is 5.48. The van der Waals surface area contributed by atoms with E-state index in [1.165, 1.54) is 58.3 Å². The van der Waals surface area contributed by atoms with Gasteiger partial charge in [-0.25, -0.2) is 0 Å². The Bertz CT molecular complexity index is 281. The zero-order chi connectivity index (χ0) is 12.5. The number of nitrogens with zero attached hydrogens (tertiary/aromatic N) is 2. The highest BCUT2D eigenvalue weighted by Gasteiger charge is 2.41. The molecule has 18 heavy (non-hydrogen) atoms. The smallest absolute Gasteiger partial charge is 0.0267 e. The molecule has 3 rings (SSSR count). The summed E-state index contributed by atoms with van der Waals surface area (Å²) in [5, 5.41) is 3.65. The molecule has 0 aromatic rings. The summed E-state index contributed by atoms with van der Waals surface area (Å²) in [6.07, 6.45) is 7.03. The maximum Gasteiger partial charge on any atom is 0.0267 e. The topological polar surface area (TPSA) is 18.5 Å². The Kier molecular flexibility index (Phi) is 3.92. The van der Waals surface area contributed by atoms with Gasteiger partial charge in [-0.2, -0.15) is 0 Å².